The summed E-state index contributed by atoms with van der Waals surface area (Å²) in [7, 11) is 0. The van der Waals surface area contributed by atoms with Crippen molar-refractivity contribution in [3.05, 3.63) is 57.2 Å². The predicted molar refractivity (Wildman–Crippen MR) is 103 cm³/mol. The minimum absolute atomic E-state index is 0.102. The third-order valence-corrected chi connectivity index (χ3v) is 6.28. The van der Waals surface area contributed by atoms with Gasteiger partial charge in [0.2, 0.25) is 11.8 Å². The molecule has 6 nitrogen and oxygen atoms in total. The number of benzene rings is 1. The molecule has 3 heterocycles. The molecule has 3 amide bonds. The first kappa shape index (κ1) is 18.0. The molecular weight excluding hydrogens is 386 g/mol. The van der Waals surface area contributed by atoms with Crippen LogP contribution in [0.4, 0.5) is 0 Å². The number of thiophene rings is 1. The number of carbonyl (C=O) groups is 3. The lowest BCUT2D eigenvalue weighted by atomic mass is 10.0. The van der Waals surface area contributed by atoms with Crippen LogP contribution in [0, 0.1) is 0 Å². The molecule has 8 heteroatoms. The number of nitrogens with one attached hydrogen (secondary N) is 2. The Labute approximate surface area is 165 Å². The van der Waals surface area contributed by atoms with Crippen molar-refractivity contribution < 1.29 is 14.4 Å². The van der Waals surface area contributed by atoms with Gasteiger partial charge in [0.25, 0.3) is 5.91 Å². The van der Waals surface area contributed by atoms with Crippen LogP contribution in [0.15, 0.2) is 41.8 Å². The molecule has 27 heavy (non-hydrogen) atoms. The molecule has 1 aromatic heterocycles. The van der Waals surface area contributed by atoms with Gasteiger partial charge in [0, 0.05) is 19.0 Å². The van der Waals surface area contributed by atoms with Crippen LogP contribution in [0.3, 0.4) is 0 Å². The van der Waals surface area contributed by atoms with Gasteiger partial charge < -0.3 is 15.5 Å². The van der Waals surface area contributed by atoms with Crippen LogP contribution >= 0.6 is 22.9 Å². The minimum Gasteiger partial charge on any atom is -0.347 e. The maximum atomic E-state index is 12.9. The van der Waals surface area contributed by atoms with Crippen molar-refractivity contribution in [2.45, 2.75) is 31.0 Å². The summed E-state index contributed by atoms with van der Waals surface area (Å²) in [5, 5.41) is 7.89. The summed E-state index contributed by atoms with van der Waals surface area (Å²) in [6.45, 7) is 0.330. The van der Waals surface area contributed by atoms with Crippen molar-refractivity contribution in [3.8, 4) is 0 Å². The van der Waals surface area contributed by atoms with Gasteiger partial charge in [-0.05, 0) is 23.4 Å². The molecule has 0 radical (unpaired) electrons. The molecule has 0 saturated carbocycles. The number of carbonyl (C=O) groups excluding carboxylic acids is 3. The number of piperazine rings is 1. The molecule has 0 bridgehead atoms. The molecular formula is C19H18ClN3O3S. The molecule has 0 spiro atoms. The number of hydrogen-bond acceptors (Lipinski definition) is 4. The van der Waals surface area contributed by atoms with Crippen molar-refractivity contribution in [3.63, 3.8) is 0 Å². The zero-order valence-corrected chi connectivity index (χ0v) is 15.9. The van der Waals surface area contributed by atoms with E-state index in [0.717, 1.165) is 5.56 Å². The van der Waals surface area contributed by atoms with Crippen LogP contribution in [0.1, 0.15) is 21.7 Å². The van der Waals surface area contributed by atoms with Crippen molar-refractivity contribution >= 4 is 40.7 Å². The fourth-order valence-electron chi connectivity index (χ4n) is 3.66. The largest absolute Gasteiger partial charge is 0.347 e. The number of fused-ring (bicyclic) bond motifs is 1. The maximum absolute atomic E-state index is 12.9. The molecule has 4 rings (SSSR count). The zero-order valence-electron chi connectivity index (χ0n) is 14.4. The van der Waals surface area contributed by atoms with Gasteiger partial charge in [-0.2, -0.15) is 0 Å². The highest BCUT2D eigenvalue weighted by Crippen LogP contribution is 2.26. The number of amides is 3. The second-order valence-corrected chi connectivity index (χ2v) is 8.08. The molecule has 1 aromatic carbocycles. The number of halogens is 1. The summed E-state index contributed by atoms with van der Waals surface area (Å²) in [5.74, 6) is -0.538. The van der Waals surface area contributed by atoms with Gasteiger partial charge in [-0.1, -0.05) is 41.9 Å². The Bertz CT molecular complexity index is 885. The highest BCUT2D eigenvalue weighted by atomic mass is 35.5. The SMILES string of the molecule is O=C(N[C@H]1C[C@H]2C(=O)N[C@H](Cc3ccccc3)C(=O)N2C1)c1sccc1Cl. The minimum atomic E-state index is -0.572. The Morgan fingerprint density at radius 3 is 2.74 bits per heavy atom. The monoisotopic (exact) mass is 403 g/mol. The molecule has 140 valence electrons. The van der Waals surface area contributed by atoms with Gasteiger partial charge in [0.05, 0.1) is 5.02 Å². The van der Waals surface area contributed by atoms with Gasteiger partial charge in [0.1, 0.15) is 17.0 Å². The van der Waals surface area contributed by atoms with E-state index in [1.54, 1.807) is 16.3 Å². The molecule has 0 unspecified atom stereocenters. The van der Waals surface area contributed by atoms with Crippen molar-refractivity contribution in [2.75, 3.05) is 6.54 Å². The topological polar surface area (TPSA) is 78.5 Å². The fraction of sp³-hybridized carbons (Fsp3) is 0.316. The van der Waals surface area contributed by atoms with Gasteiger partial charge >= 0.3 is 0 Å². The first-order valence-corrected chi connectivity index (χ1v) is 9.97. The standard InChI is InChI=1S/C19H18ClN3O3S/c20-13-6-7-27-16(13)18(25)21-12-9-15-17(24)22-14(19(26)23(15)10-12)8-11-4-2-1-3-5-11/h1-7,12,14-15H,8-10H2,(H,21,25)(H,22,24)/t12-,14+,15-/m0/s1. The van der Waals surface area contributed by atoms with E-state index in [9.17, 15) is 14.4 Å². The van der Waals surface area contributed by atoms with Crippen molar-refractivity contribution in [2.24, 2.45) is 0 Å². The van der Waals surface area contributed by atoms with E-state index >= 15 is 0 Å². The Kier molecular flexibility index (Phi) is 4.88. The summed E-state index contributed by atoms with van der Waals surface area (Å²) in [6.07, 6.45) is 0.862. The molecule has 0 aliphatic carbocycles. The van der Waals surface area contributed by atoms with Gasteiger partial charge in [0.15, 0.2) is 0 Å². The third-order valence-electron chi connectivity index (χ3n) is 4.94. The molecule has 2 aliphatic heterocycles. The fourth-order valence-corrected chi connectivity index (χ4v) is 4.70. The molecule has 3 atom stereocenters. The van der Waals surface area contributed by atoms with Crippen LogP contribution in [-0.4, -0.2) is 47.3 Å². The van der Waals surface area contributed by atoms with Gasteiger partial charge in [-0.3, -0.25) is 14.4 Å². The highest BCUT2D eigenvalue weighted by molar-refractivity contribution is 7.12. The van der Waals surface area contributed by atoms with E-state index in [1.165, 1.54) is 11.3 Å². The van der Waals surface area contributed by atoms with Crippen molar-refractivity contribution in [1.29, 1.82) is 0 Å². The summed E-state index contributed by atoms with van der Waals surface area (Å²) < 4.78 is 0. The summed E-state index contributed by atoms with van der Waals surface area (Å²) >= 11 is 7.27. The van der Waals surface area contributed by atoms with Gasteiger partial charge in [-0.25, -0.2) is 0 Å². The Morgan fingerprint density at radius 2 is 2.04 bits per heavy atom. The second-order valence-electron chi connectivity index (χ2n) is 6.76. The van der Waals surface area contributed by atoms with Crippen molar-refractivity contribution in [1.82, 2.24) is 15.5 Å². The maximum Gasteiger partial charge on any atom is 0.263 e. The van der Waals surface area contributed by atoms with E-state index in [0.29, 0.717) is 29.3 Å². The average molecular weight is 404 g/mol. The van der Waals surface area contributed by atoms with Crippen LogP contribution in [0.2, 0.25) is 5.02 Å². The Morgan fingerprint density at radius 1 is 1.26 bits per heavy atom. The molecule has 2 N–H and O–H groups in total. The Hall–Kier alpha value is -2.38. The molecule has 2 fully saturated rings. The molecule has 2 saturated heterocycles. The lowest BCUT2D eigenvalue weighted by Gasteiger charge is -2.34. The number of nitrogens with zero attached hydrogens (tertiary/aromatic N) is 1. The smallest absolute Gasteiger partial charge is 0.263 e. The highest BCUT2D eigenvalue weighted by Gasteiger charge is 2.46. The number of rotatable bonds is 4. The summed E-state index contributed by atoms with van der Waals surface area (Å²) in [6, 6.07) is 9.89. The average Bonchev–Trinajstić information content (AvgIpc) is 3.27. The molecule has 2 aliphatic rings. The quantitative estimate of drug-likeness (QED) is 0.817. The summed E-state index contributed by atoms with van der Waals surface area (Å²) in [4.78, 5) is 39.8. The van der Waals surface area contributed by atoms with E-state index in [2.05, 4.69) is 10.6 Å². The predicted octanol–water partition coefficient (Wildman–Crippen LogP) is 1.84. The normalized spacial score (nSPS) is 24.5. The van der Waals surface area contributed by atoms with Crippen LogP contribution in [0.5, 0.6) is 0 Å². The first-order chi connectivity index (χ1) is 13.0. The first-order valence-electron chi connectivity index (χ1n) is 8.71. The van der Waals surface area contributed by atoms with Crippen LogP contribution < -0.4 is 10.6 Å². The van der Waals surface area contributed by atoms with E-state index in [-0.39, 0.29) is 23.8 Å². The Balaban J connectivity index is 1.44. The van der Waals surface area contributed by atoms with E-state index < -0.39 is 12.1 Å². The van der Waals surface area contributed by atoms with E-state index in [4.69, 9.17) is 11.6 Å². The van der Waals surface area contributed by atoms with E-state index in [1.807, 2.05) is 30.3 Å². The second kappa shape index (κ2) is 7.32. The molecule has 2 aromatic rings. The number of hydrogen-bond donors (Lipinski definition) is 2. The van der Waals surface area contributed by atoms with Crippen LogP contribution in [0.25, 0.3) is 0 Å². The zero-order chi connectivity index (χ0) is 19.0. The third kappa shape index (κ3) is 3.57. The summed E-state index contributed by atoms with van der Waals surface area (Å²) in [5.41, 5.74) is 0.992. The van der Waals surface area contributed by atoms with Gasteiger partial charge in [-0.15, -0.1) is 11.3 Å². The lowest BCUT2D eigenvalue weighted by molar-refractivity contribution is -0.147. The van der Waals surface area contributed by atoms with Crippen LogP contribution in [-0.2, 0) is 16.0 Å². The lowest BCUT2D eigenvalue weighted by Crippen LogP contribution is -2.61.